The lowest BCUT2D eigenvalue weighted by Crippen LogP contribution is -1.88. The average molecular weight is 321 g/mol. The van der Waals surface area contributed by atoms with Gasteiger partial charge in [0.2, 0.25) is 0 Å². The average Bonchev–Trinajstić information content (AvgIpc) is 3.06. The van der Waals surface area contributed by atoms with Crippen LogP contribution in [0.1, 0.15) is 11.4 Å². The second kappa shape index (κ2) is 5.87. The molecular formula is C14H12FN3OS2. The van der Waals surface area contributed by atoms with E-state index in [9.17, 15) is 4.39 Å². The van der Waals surface area contributed by atoms with Gasteiger partial charge in [-0.15, -0.1) is 23.1 Å². The maximum atomic E-state index is 13.5. The van der Waals surface area contributed by atoms with Gasteiger partial charge in [0.15, 0.2) is 5.82 Å². The van der Waals surface area contributed by atoms with Crippen LogP contribution in [0.25, 0.3) is 10.8 Å². The molecule has 0 amide bonds. The van der Waals surface area contributed by atoms with Crippen molar-refractivity contribution in [1.82, 2.24) is 10.1 Å². The zero-order chi connectivity index (χ0) is 14.8. The molecule has 0 aliphatic carbocycles. The molecule has 4 nitrogen and oxygen atoms in total. The third-order valence-electron chi connectivity index (χ3n) is 2.88. The van der Waals surface area contributed by atoms with Gasteiger partial charge >= 0.3 is 0 Å². The van der Waals surface area contributed by atoms with E-state index in [1.54, 1.807) is 18.2 Å². The van der Waals surface area contributed by atoms with Gasteiger partial charge in [0, 0.05) is 4.90 Å². The second-order valence-corrected chi connectivity index (χ2v) is 6.29. The first-order valence-electron chi connectivity index (χ1n) is 6.19. The number of nitrogen functional groups attached to an aromatic ring is 1. The summed E-state index contributed by atoms with van der Waals surface area (Å²) in [5.41, 5.74) is 7.62. The van der Waals surface area contributed by atoms with Gasteiger partial charge in [-0.2, -0.15) is 4.98 Å². The highest BCUT2D eigenvalue weighted by molar-refractivity contribution is 7.98. The molecule has 0 fully saturated rings. The maximum Gasteiger partial charge on any atom is 0.270 e. The molecule has 7 heteroatoms. The molecule has 1 aromatic carbocycles. The van der Waals surface area contributed by atoms with Crippen LogP contribution in [0.4, 0.5) is 10.1 Å². The van der Waals surface area contributed by atoms with Gasteiger partial charge < -0.3 is 10.3 Å². The van der Waals surface area contributed by atoms with E-state index in [1.165, 1.54) is 29.2 Å². The largest absolute Gasteiger partial charge is 0.397 e. The Hall–Kier alpha value is -1.86. The molecule has 2 heterocycles. The van der Waals surface area contributed by atoms with Crippen molar-refractivity contribution in [2.24, 2.45) is 0 Å². The molecule has 0 unspecified atom stereocenters. The molecule has 108 valence electrons. The van der Waals surface area contributed by atoms with Crippen LogP contribution in [0.3, 0.4) is 0 Å². The Morgan fingerprint density at radius 2 is 2.19 bits per heavy atom. The Labute approximate surface area is 129 Å². The van der Waals surface area contributed by atoms with Crippen molar-refractivity contribution in [2.75, 3.05) is 5.73 Å². The number of halogens is 1. The minimum Gasteiger partial charge on any atom is -0.397 e. The molecule has 0 saturated carbocycles. The maximum absolute atomic E-state index is 13.5. The van der Waals surface area contributed by atoms with Crippen LogP contribution in [-0.2, 0) is 5.75 Å². The normalized spacial score (nSPS) is 11.0. The Bertz CT molecular complexity index is 769. The summed E-state index contributed by atoms with van der Waals surface area (Å²) in [6, 6.07) is 6.61. The first-order valence-corrected chi connectivity index (χ1v) is 8.05. The number of benzene rings is 1. The van der Waals surface area contributed by atoms with Crippen molar-refractivity contribution in [2.45, 2.75) is 17.6 Å². The van der Waals surface area contributed by atoms with E-state index in [1.807, 2.05) is 12.3 Å². The van der Waals surface area contributed by atoms with Gasteiger partial charge in [-0.05, 0) is 30.0 Å². The minimum absolute atomic E-state index is 0.246. The van der Waals surface area contributed by atoms with Crippen LogP contribution in [0.5, 0.6) is 0 Å². The van der Waals surface area contributed by atoms with E-state index in [-0.39, 0.29) is 5.82 Å². The lowest BCUT2D eigenvalue weighted by atomic mass is 10.3. The number of aryl methyl sites for hydroxylation is 1. The number of thiophene rings is 1. The van der Waals surface area contributed by atoms with E-state index in [0.717, 1.165) is 10.4 Å². The van der Waals surface area contributed by atoms with Crippen molar-refractivity contribution >= 4 is 28.8 Å². The number of hydrogen-bond acceptors (Lipinski definition) is 6. The topological polar surface area (TPSA) is 64.9 Å². The molecule has 2 aromatic heterocycles. The van der Waals surface area contributed by atoms with E-state index >= 15 is 0 Å². The molecular weight excluding hydrogens is 309 g/mol. The smallest absolute Gasteiger partial charge is 0.270 e. The number of thioether (sulfide) groups is 1. The summed E-state index contributed by atoms with van der Waals surface area (Å²) in [4.78, 5) is 5.65. The van der Waals surface area contributed by atoms with E-state index in [4.69, 9.17) is 10.3 Å². The Balaban J connectivity index is 1.74. The van der Waals surface area contributed by atoms with E-state index in [2.05, 4.69) is 10.1 Å². The highest BCUT2D eigenvalue weighted by Gasteiger charge is 2.15. The standard InChI is InChI=1S/C14H12FN3OS2/c1-8-6-21-13(12(8)16)14-17-11(18-19-14)7-20-10-5-3-2-4-9(10)15/h2-6H,7,16H2,1H3. The number of rotatable bonds is 4. The summed E-state index contributed by atoms with van der Waals surface area (Å²) in [5, 5.41) is 5.86. The van der Waals surface area contributed by atoms with Gasteiger partial charge in [-0.25, -0.2) is 4.39 Å². The lowest BCUT2D eigenvalue weighted by molar-refractivity contribution is 0.426. The van der Waals surface area contributed by atoms with Crippen molar-refractivity contribution in [3.05, 3.63) is 46.9 Å². The molecule has 0 aliphatic rings. The summed E-state index contributed by atoms with van der Waals surface area (Å²) in [6.45, 7) is 1.93. The van der Waals surface area contributed by atoms with Crippen LogP contribution in [0.15, 0.2) is 39.1 Å². The summed E-state index contributed by atoms with van der Waals surface area (Å²) in [5.74, 6) is 1.12. The molecule has 0 spiro atoms. The molecule has 2 N–H and O–H groups in total. The Kier molecular flexibility index (Phi) is 3.94. The fraction of sp³-hybridized carbons (Fsp3) is 0.143. The van der Waals surface area contributed by atoms with Crippen molar-refractivity contribution in [3.63, 3.8) is 0 Å². The Morgan fingerprint density at radius 3 is 2.90 bits per heavy atom. The van der Waals surface area contributed by atoms with Crippen LogP contribution >= 0.6 is 23.1 Å². The van der Waals surface area contributed by atoms with Crippen LogP contribution in [0.2, 0.25) is 0 Å². The molecule has 0 radical (unpaired) electrons. The monoisotopic (exact) mass is 321 g/mol. The number of anilines is 1. The van der Waals surface area contributed by atoms with Crippen LogP contribution < -0.4 is 5.73 Å². The summed E-state index contributed by atoms with van der Waals surface area (Å²) in [6.07, 6.45) is 0. The highest BCUT2D eigenvalue weighted by atomic mass is 32.2. The number of hydrogen-bond donors (Lipinski definition) is 1. The lowest BCUT2D eigenvalue weighted by Gasteiger charge is -1.99. The van der Waals surface area contributed by atoms with Gasteiger partial charge in [0.1, 0.15) is 10.7 Å². The molecule has 3 rings (SSSR count). The molecule has 0 atom stereocenters. The van der Waals surface area contributed by atoms with Gasteiger partial charge in [0.25, 0.3) is 5.89 Å². The van der Waals surface area contributed by atoms with Crippen LogP contribution in [-0.4, -0.2) is 10.1 Å². The van der Waals surface area contributed by atoms with E-state index < -0.39 is 0 Å². The zero-order valence-electron chi connectivity index (χ0n) is 11.2. The summed E-state index contributed by atoms with van der Waals surface area (Å²) < 4.78 is 18.7. The van der Waals surface area contributed by atoms with E-state index in [0.29, 0.717) is 28.1 Å². The minimum atomic E-state index is -0.246. The number of aromatic nitrogens is 2. The molecule has 3 aromatic rings. The molecule has 0 saturated heterocycles. The highest BCUT2D eigenvalue weighted by Crippen LogP contribution is 2.34. The number of nitrogens with zero attached hydrogens (tertiary/aromatic N) is 2. The van der Waals surface area contributed by atoms with Crippen molar-refractivity contribution in [1.29, 1.82) is 0 Å². The fourth-order valence-corrected chi connectivity index (χ4v) is 3.40. The number of nitrogens with two attached hydrogens (primary N) is 1. The molecule has 21 heavy (non-hydrogen) atoms. The molecule has 0 aliphatic heterocycles. The quantitative estimate of drug-likeness (QED) is 0.732. The third-order valence-corrected chi connectivity index (χ3v) is 5.03. The van der Waals surface area contributed by atoms with Crippen LogP contribution in [0, 0.1) is 12.7 Å². The van der Waals surface area contributed by atoms with Gasteiger partial charge in [-0.3, -0.25) is 0 Å². The second-order valence-electron chi connectivity index (χ2n) is 4.40. The van der Waals surface area contributed by atoms with Gasteiger partial charge in [-0.1, -0.05) is 17.3 Å². The van der Waals surface area contributed by atoms with Gasteiger partial charge in [0.05, 0.1) is 11.4 Å². The Morgan fingerprint density at radius 1 is 1.38 bits per heavy atom. The first-order chi connectivity index (χ1) is 10.1. The summed E-state index contributed by atoms with van der Waals surface area (Å²) >= 11 is 2.80. The summed E-state index contributed by atoms with van der Waals surface area (Å²) in [7, 11) is 0. The zero-order valence-corrected chi connectivity index (χ0v) is 12.8. The third kappa shape index (κ3) is 2.93. The fourth-order valence-electron chi connectivity index (χ4n) is 1.73. The SMILES string of the molecule is Cc1csc(-c2nc(CSc3ccccc3F)no2)c1N. The first kappa shape index (κ1) is 14.1. The molecule has 0 bridgehead atoms. The predicted octanol–water partition coefficient (Wildman–Crippen LogP) is 4.12. The van der Waals surface area contributed by atoms with Crippen molar-refractivity contribution < 1.29 is 8.91 Å². The van der Waals surface area contributed by atoms with Crippen molar-refractivity contribution in [3.8, 4) is 10.8 Å². The predicted molar refractivity (Wildman–Crippen MR) is 82.7 cm³/mol.